The second-order valence-electron chi connectivity index (χ2n) is 7.29. The smallest absolute Gasteiger partial charge is 0.384 e. The number of rotatable bonds is 8. The van der Waals surface area contributed by atoms with Crippen LogP contribution >= 0.6 is 0 Å². The summed E-state index contributed by atoms with van der Waals surface area (Å²) < 4.78 is 41.4. The predicted molar refractivity (Wildman–Crippen MR) is 108 cm³/mol. The highest BCUT2D eigenvalue weighted by molar-refractivity contribution is 5.82. The van der Waals surface area contributed by atoms with Gasteiger partial charge in [-0.25, -0.2) is 4.98 Å². The van der Waals surface area contributed by atoms with Crippen molar-refractivity contribution in [1.82, 2.24) is 15.6 Å². The minimum atomic E-state index is -4.62. The Morgan fingerprint density at radius 3 is 2.30 bits per heavy atom. The molecule has 0 unspecified atom stereocenters. The zero-order chi connectivity index (χ0) is 22.3. The number of hydrogen-bond donors (Lipinski definition) is 3. The molecule has 0 saturated heterocycles. The normalized spacial score (nSPS) is 13.5. The van der Waals surface area contributed by atoms with Crippen LogP contribution in [0.2, 0.25) is 0 Å². The molecule has 0 fully saturated rings. The van der Waals surface area contributed by atoms with Crippen molar-refractivity contribution < 1.29 is 18.0 Å². The lowest BCUT2D eigenvalue weighted by atomic mass is 9.98. The number of aromatic nitrogens is 1. The maximum atomic E-state index is 13.8. The van der Waals surface area contributed by atoms with Crippen LogP contribution in [0.25, 0.3) is 11.1 Å². The zero-order valence-electron chi connectivity index (χ0n) is 16.7. The Balaban J connectivity index is 2.28. The van der Waals surface area contributed by atoms with Gasteiger partial charge in [-0.1, -0.05) is 38.1 Å². The van der Waals surface area contributed by atoms with Crippen LogP contribution in [-0.2, 0) is 4.79 Å². The Morgan fingerprint density at radius 2 is 1.80 bits per heavy atom. The van der Waals surface area contributed by atoms with Gasteiger partial charge in [-0.2, -0.15) is 18.4 Å². The van der Waals surface area contributed by atoms with Crippen LogP contribution in [-0.4, -0.2) is 29.7 Å². The topological polar surface area (TPSA) is 104 Å². The lowest BCUT2D eigenvalue weighted by molar-refractivity contribution is -0.161. The SMILES string of the molecule is CC(C)C[C@H](N[C@@H](c1ccc(-c2ccc(N)nc2)cc1)C(F)(F)F)C(=O)NCC#N. The fourth-order valence-corrected chi connectivity index (χ4v) is 3.00. The van der Waals surface area contributed by atoms with Gasteiger partial charge < -0.3 is 11.1 Å². The van der Waals surface area contributed by atoms with Crippen molar-refractivity contribution >= 4 is 11.7 Å². The van der Waals surface area contributed by atoms with Crippen molar-refractivity contribution in [3.8, 4) is 17.2 Å². The van der Waals surface area contributed by atoms with Gasteiger partial charge in [-0.05, 0) is 35.6 Å². The van der Waals surface area contributed by atoms with Crippen molar-refractivity contribution in [3.05, 3.63) is 48.2 Å². The average Bonchev–Trinajstić information content (AvgIpc) is 2.69. The number of anilines is 1. The van der Waals surface area contributed by atoms with Gasteiger partial charge in [0.15, 0.2) is 0 Å². The molecular weight excluding hydrogens is 395 g/mol. The number of nitriles is 1. The summed E-state index contributed by atoms with van der Waals surface area (Å²) in [6.07, 6.45) is -2.88. The standard InChI is InChI=1S/C21H24F3N5O/c1-13(2)11-17(20(30)27-10-9-25)29-19(21(22,23)24)15-5-3-14(4-6-15)16-7-8-18(26)28-12-16/h3-8,12-13,17,19,29H,10-11H2,1-2H3,(H2,26,28)(H,27,30)/t17-,19-/m0/s1. The Hall–Kier alpha value is -3.12. The number of hydrogen-bond acceptors (Lipinski definition) is 5. The molecule has 30 heavy (non-hydrogen) atoms. The summed E-state index contributed by atoms with van der Waals surface area (Å²) in [6, 6.07) is 7.84. The van der Waals surface area contributed by atoms with Gasteiger partial charge in [0.25, 0.3) is 0 Å². The summed E-state index contributed by atoms with van der Waals surface area (Å²) in [6.45, 7) is 3.35. The van der Waals surface area contributed by atoms with E-state index in [4.69, 9.17) is 11.0 Å². The summed E-state index contributed by atoms with van der Waals surface area (Å²) >= 11 is 0. The number of carbonyl (C=O) groups excluding carboxylic acids is 1. The number of carbonyl (C=O) groups is 1. The third-order valence-electron chi connectivity index (χ3n) is 4.42. The van der Waals surface area contributed by atoms with E-state index in [-0.39, 0.29) is 24.4 Å². The predicted octanol–water partition coefficient (Wildman–Crippen LogP) is 3.58. The maximum Gasteiger partial charge on any atom is 0.407 e. The molecule has 0 aliphatic carbocycles. The van der Waals surface area contributed by atoms with Crippen LogP contribution in [0.1, 0.15) is 31.9 Å². The van der Waals surface area contributed by atoms with E-state index in [1.54, 1.807) is 36.5 Å². The molecule has 1 aromatic carbocycles. The molecule has 0 radical (unpaired) electrons. The number of nitrogens with zero attached hydrogens (tertiary/aromatic N) is 2. The summed E-state index contributed by atoms with van der Waals surface area (Å²) in [5.41, 5.74) is 6.96. The van der Waals surface area contributed by atoms with Crippen molar-refractivity contribution in [3.63, 3.8) is 0 Å². The van der Waals surface area contributed by atoms with Gasteiger partial charge in [-0.3, -0.25) is 10.1 Å². The number of nitrogen functional groups attached to an aromatic ring is 1. The number of amides is 1. The van der Waals surface area contributed by atoms with E-state index in [1.165, 1.54) is 12.1 Å². The van der Waals surface area contributed by atoms with Gasteiger partial charge in [0.05, 0.1) is 12.1 Å². The summed E-state index contributed by atoms with van der Waals surface area (Å²) in [5.74, 6) is -0.309. The van der Waals surface area contributed by atoms with Crippen molar-refractivity contribution in [2.75, 3.05) is 12.3 Å². The molecule has 6 nitrogen and oxygen atoms in total. The summed E-state index contributed by atoms with van der Waals surface area (Å²) in [4.78, 5) is 16.3. The van der Waals surface area contributed by atoms with Crippen LogP contribution in [0.4, 0.5) is 19.0 Å². The molecule has 0 saturated carbocycles. The second-order valence-corrected chi connectivity index (χ2v) is 7.29. The monoisotopic (exact) mass is 419 g/mol. The third-order valence-corrected chi connectivity index (χ3v) is 4.42. The Labute approximate surface area is 173 Å². The number of benzene rings is 1. The van der Waals surface area contributed by atoms with Gasteiger partial charge >= 0.3 is 6.18 Å². The summed E-state index contributed by atoms with van der Waals surface area (Å²) in [7, 11) is 0. The zero-order valence-corrected chi connectivity index (χ0v) is 16.7. The molecule has 0 spiro atoms. The van der Waals surface area contributed by atoms with Gasteiger partial charge in [0.2, 0.25) is 5.91 Å². The maximum absolute atomic E-state index is 13.8. The fraction of sp³-hybridized carbons (Fsp3) is 0.381. The largest absolute Gasteiger partial charge is 0.407 e. The fourth-order valence-electron chi connectivity index (χ4n) is 3.00. The van der Waals surface area contributed by atoms with E-state index < -0.39 is 24.2 Å². The van der Waals surface area contributed by atoms with Gasteiger partial charge in [0, 0.05) is 11.8 Å². The van der Waals surface area contributed by atoms with E-state index in [1.807, 2.05) is 13.8 Å². The molecule has 2 rings (SSSR count). The quantitative estimate of drug-likeness (QED) is 0.568. The van der Waals surface area contributed by atoms with Crippen molar-refractivity contribution in [2.45, 2.75) is 38.5 Å². The van der Waals surface area contributed by atoms with Gasteiger partial charge in [-0.15, -0.1) is 0 Å². The molecule has 160 valence electrons. The molecule has 1 heterocycles. The van der Waals surface area contributed by atoms with E-state index >= 15 is 0 Å². The first-order valence-electron chi connectivity index (χ1n) is 9.41. The molecule has 0 aliphatic rings. The van der Waals surface area contributed by atoms with Crippen LogP contribution < -0.4 is 16.4 Å². The number of alkyl halides is 3. The molecule has 4 N–H and O–H groups in total. The first-order chi connectivity index (χ1) is 14.1. The van der Waals surface area contributed by atoms with E-state index in [0.717, 1.165) is 5.56 Å². The molecule has 1 aromatic heterocycles. The van der Waals surface area contributed by atoms with Crippen LogP contribution in [0.15, 0.2) is 42.6 Å². The second kappa shape index (κ2) is 10.1. The Bertz CT molecular complexity index is 874. The average molecular weight is 419 g/mol. The molecule has 9 heteroatoms. The molecular formula is C21H24F3N5O. The number of nitrogens with one attached hydrogen (secondary N) is 2. The van der Waals surface area contributed by atoms with E-state index in [2.05, 4.69) is 15.6 Å². The number of halogens is 3. The van der Waals surface area contributed by atoms with Crippen molar-refractivity contribution in [2.24, 2.45) is 5.92 Å². The van der Waals surface area contributed by atoms with E-state index in [0.29, 0.717) is 11.4 Å². The molecule has 2 atom stereocenters. The minimum absolute atomic E-state index is 0.0171. The lowest BCUT2D eigenvalue weighted by Crippen LogP contribution is -2.49. The number of nitrogens with two attached hydrogens (primary N) is 1. The van der Waals surface area contributed by atoms with Crippen LogP contribution in [0, 0.1) is 17.2 Å². The summed E-state index contributed by atoms with van der Waals surface area (Å²) in [5, 5.41) is 13.4. The van der Waals surface area contributed by atoms with Crippen LogP contribution in [0.3, 0.4) is 0 Å². The molecule has 2 aromatic rings. The molecule has 0 aliphatic heterocycles. The highest BCUT2D eigenvalue weighted by Gasteiger charge is 2.42. The molecule has 0 bridgehead atoms. The van der Waals surface area contributed by atoms with Gasteiger partial charge in [0.1, 0.15) is 18.4 Å². The first kappa shape index (κ1) is 23.2. The number of pyridine rings is 1. The van der Waals surface area contributed by atoms with E-state index in [9.17, 15) is 18.0 Å². The Kier molecular flexibility index (Phi) is 7.78. The highest BCUT2D eigenvalue weighted by atomic mass is 19.4. The minimum Gasteiger partial charge on any atom is -0.384 e. The lowest BCUT2D eigenvalue weighted by Gasteiger charge is -2.28. The molecule has 1 amide bonds. The Morgan fingerprint density at radius 1 is 1.17 bits per heavy atom. The van der Waals surface area contributed by atoms with Crippen LogP contribution in [0.5, 0.6) is 0 Å². The van der Waals surface area contributed by atoms with Crippen molar-refractivity contribution in [1.29, 1.82) is 5.26 Å². The third kappa shape index (κ3) is 6.46. The first-order valence-corrected chi connectivity index (χ1v) is 9.41. The highest BCUT2D eigenvalue weighted by Crippen LogP contribution is 2.34.